The summed E-state index contributed by atoms with van der Waals surface area (Å²) in [5.41, 5.74) is 6.03. The van der Waals surface area contributed by atoms with Crippen molar-refractivity contribution in [1.82, 2.24) is 9.78 Å². The van der Waals surface area contributed by atoms with Crippen LogP contribution in [0.25, 0.3) is 0 Å². The molecule has 0 atom stereocenters. The van der Waals surface area contributed by atoms with Crippen LogP contribution in [0.1, 0.15) is 6.92 Å². The molecule has 0 saturated carbocycles. The molecule has 1 aromatic carbocycles. The largest absolute Gasteiger partial charge is 0.494 e. The Balaban J connectivity index is 2.20. The summed E-state index contributed by atoms with van der Waals surface area (Å²) in [7, 11) is 1.56. The van der Waals surface area contributed by atoms with E-state index in [-0.39, 0.29) is 17.1 Å². The van der Waals surface area contributed by atoms with Gasteiger partial charge in [0.05, 0.1) is 12.3 Å². The molecule has 100 valence electrons. The van der Waals surface area contributed by atoms with E-state index in [2.05, 4.69) is 15.3 Å². The molecule has 1 aromatic heterocycles. The number of nitrogens with zero attached hydrogens (tertiary/aromatic N) is 3. The molecule has 0 fully saturated rings. The molecular weight excluding hydrogens is 246 g/mol. The number of azo groups is 1. The average Bonchev–Trinajstić information content (AvgIpc) is 2.64. The number of aromatic amines is 1. The summed E-state index contributed by atoms with van der Waals surface area (Å²) >= 11 is 0. The van der Waals surface area contributed by atoms with E-state index in [1.807, 2.05) is 6.92 Å². The number of hydrogen-bond donors (Lipinski definition) is 2. The SMILES string of the molecule is CCOc1ccc(N=Nc2c(N)[nH]n(C)c2=O)cc1. The standard InChI is InChI=1S/C12H15N5O2/c1-3-19-9-6-4-8(5-7-9)14-15-10-11(13)16-17(2)12(10)18/h4-7,16H,3,13H2,1-2H3. The van der Waals surface area contributed by atoms with Gasteiger partial charge in [-0.25, -0.2) is 0 Å². The van der Waals surface area contributed by atoms with Crippen molar-refractivity contribution < 1.29 is 4.74 Å². The maximum Gasteiger partial charge on any atom is 0.296 e. The number of aryl methyl sites for hydroxylation is 1. The highest BCUT2D eigenvalue weighted by Crippen LogP contribution is 2.21. The van der Waals surface area contributed by atoms with Gasteiger partial charge in [-0.3, -0.25) is 14.6 Å². The maximum absolute atomic E-state index is 11.6. The molecule has 1 heterocycles. The van der Waals surface area contributed by atoms with Crippen LogP contribution in [-0.2, 0) is 7.05 Å². The summed E-state index contributed by atoms with van der Waals surface area (Å²) in [6.45, 7) is 2.52. The average molecular weight is 261 g/mol. The van der Waals surface area contributed by atoms with Gasteiger partial charge < -0.3 is 10.5 Å². The summed E-state index contributed by atoms with van der Waals surface area (Å²) in [6, 6.07) is 7.08. The van der Waals surface area contributed by atoms with Crippen molar-refractivity contribution in [3.05, 3.63) is 34.6 Å². The second-order valence-electron chi connectivity index (χ2n) is 3.87. The molecule has 2 rings (SSSR count). The van der Waals surface area contributed by atoms with Crippen molar-refractivity contribution in [2.24, 2.45) is 17.3 Å². The van der Waals surface area contributed by atoms with Crippen LogP contribution in [0, 0.1) is 0 Å². The number of nitrogens with one attached hydrogen (secondary N) is 1. The highest BCUT2D eigenvalue weighted by molar-refractivity contribution is 5.55. The van der Waals surface area contributed by atoms with Gasteiger partial charge in [-0.15, -0.1) is 5.11 Å². The van der Waals surface area contributed by atoms with Crippen molar-refractivity contribution in [2.75, 3.05) is 12.3 Å². The molecule has 0 radical (unpaired) electrons. The van der Waals surface area contributed by atoms with Gasteiger partial charge >= 0.3 is 0 Å². The monoisotopic (exact) mass is 261 g/mol. The van der Waals surface area contributed by atoms with Gasteiger partial charge in [-0.1, -0.05) is 0 Å². The van der Waals surface area contributed by atoms with Crippen LogP contribution in [0.15, 0.2) is 39.3 Å². The molecule has 7 heteroatoms. The van der Waals surface area contributed by atoms with Gasteiger partial charge in [0, 0.05) is 7.05 Å². The molecule has 7 nitrogen and oxygen atoms in total. The Hall–Kier alpha value is -2.57. The van der Waals surface area contributed by atoms with E-state index >= 15 is 0 Å². The van der Waals surface area contributed by atoms with Crippen LogP contribution in [-0.4, -0.2) is 16.4 Å². The zero-order valence-electron chi connectivity index (χ0n) is 10.8. The third-order valence-electron chi connectivity index (χ3n) is 2.46. The van der Waals surface area contributed by atoms with E-state index in [0.29, 0.717) is 12.3 Å². The second-order valence-corrected chi connectivity index (χ2v) is 3.87. The van der Waals surface area contributed by atoms with Gasteiger partial charge in [0.15, 0.2) is 5.69 Å². The smallest absolute Gasteiger partial charge is 0.296 e. The van der Waals surface area contributed by atoms with E-state index in [4.69, 9.17) is 10.5 Å². The van der Waals surface area contributed by atoms with Crippen LogP contribution >= 0.6 is 0 Å². The van der Waals surface area contributed by atoms with Crippen LogP contribution < -0.4 is 16.0 Å². The fourth-order valence-corrected chi connectivity index (χ4v) is 1.54. The first-order chi connectivity index (χ1) is 9.11. The first-order valence-corrected chi connectivity index (χ1v) is 5.81. The lowest BCUT2D eigenvalue weighted by Gasteiger charge is -2.01. The number of benzene rings is 1. The third kappa shape index (κ3) is 2.82. The Morgan fingerprint density at radius 3 is 2.53 bits per heavy atom. The van der Waals surface area contributed by atoms with Crippen molar-refractivity contribution >= 4 is 17.2 Å². The first kappa shape index (κ1) is 12.9. The molecule has 0 spiro atoms. The van der Waals surface area contributed by atoms with Gasteiger partial charge in [0.2, 0.25) is 0 Å². The number of rotatable bonds is 4. The van der Waals surface area contributed by atoms with Crippen LogP contribution in [0.3, 0.4) is 0 Å². The second kappa shape index (κ2) is 5.38. The number of hydrogen-bond acceptors (Lipinski definition) is 5. The molecule has 0 amide bonds. The molecule has 0 bridgehead atoms. The fraction of sp³-hybridized carbons (Fsp3) is 0.250. The normalized spacial score (nSPS) is 11.1. The summed E-state index contributed by atoms with van der Waals surface area (Å²) in [6.07, 6.45) is 0. The molecule has 19 heavy (non-hydrogen) atoms. The highest BCUT2D eigenvalue weighted by Gasteiger charge is 2.08. The number of H-pyrrole nitrogens is 1. The fourth-order valence-electron chi connectivity index (χ4n) is 1.54. The lowest BCUT2D eigenvalue weighted by atomic mass is 10.3. The molecule has 0 saturated heterocycles. The Labute approximate surface area is 109 Å². The molecule has 0 aliphatic heterocycles. The highest BCUT2D eigenvalue weighted by atomic mass is 16.5. The van der Waals surface area contributed by atoms with E-state index in [0.717, 1.165) is 5.75 Å². The quantitative estimate of drug-likeness (QED) is 0.824. The lowest BCUT2D eigenvalue weighted by Crippen LogP contribution is -2.10. The van der Waals surface area contributed by atoms with E-state index in [1.165, 1.54) is 4.68 Å². The topological polar surface area (TPSA) is 97.8 Å². The molecule has 3 N–H and O–H groups in total. The number of nitrogens with two attached hydrogens (primary N) is 1. The Morgan fingerprint density at radius 2 is 2.00 bits per heavy atom. The summed E-state index contributed by atoms with van der Waals surface area (Å²) in [5, 5.41) is 10.5. The van der Waals surface area contributed by atoms with Crippen LogP contribution in [0.2, 0.25) is 0 Å². The van der Waals surface area contributed by atoms with Gasteiger partial charge in [-0.05, 0) is 31.2 Å². The van der Waals surface area contributed by atoms with Crippen LogP contribution in [0.4, 0.5) is 17.2 Å². The number of aromatic nitrogens is 2. The van der Waals surface area contributed by atoms with Crippen molar-refractivity contribution in [1.29, 1.82) is 0 Å². The van der Waals surface area contributed by atoms with Gasteiger partial charge in [-0.2, -0.15) is 5.11 Å². The Bertz CT molecular complexity index is 639. The summed E-state index contributed by atoms with van der Waals surface area (Å²) < 4.78 is 6.57. The van der Waals surface area contributed by atoms with Crippen molar-refractivity contribution in [3.8, 4) is 5.75 Å². The summed E-state index contributed by atoms with van der Waals surface area (Å²) in [4.78, 5) is 11.6. The third-order valence-corrected chi connectivity index (χ3v) is 2.46. The Kier molecular flexibility index (Phi) is 3.65. The zero-order valence-corrected chi connectivity index (χ0v) is 10.8. The predicted octanol–water partition coefficient (Wildman–Crippen LogP) is 2.11. The molecule has 0 aliphatic rings. The zero-order chi connectivity index (χ0) is 13.8. The maximum atomic E-state index is 11.6. The minimum atomic E-state index is -0.313. The number of anilines is 1. The number of nitrogen functional groups attached to an aromatic ring is 1. The van der Waals surface area contributed by atoms with Crippen LogP contribution in [0.5, 0.6) is 5.75 Å². The van der Waals surface area contributed by atoms with Crippen molar-refractivity contribution in [2.45, 2.75) is 6.92 Å². The summed E-state index contributed by atoms with van der Waals surface area (Å²) in [5.74, 6) is 0.959. The number of ether oxygens (including phenoxy) is 1. The van der Waals surface area contributed by atoms with Crippen molar-refractivity contribution in [3.63, 3.8) is 0 Å². The molecule has 2 aromatic rings. The van der Waals surface area contributed by atoms with E-state index in [9.17, 15) is 4.79 Å². The van der Waals surface area contributed by atoms with Gasteiger partial charge in [0.1, 0.15) is 11.6 Å². The van der Waals surface area contributed by atoms with E-state index < -0.39 is 0 Å². The lowest BCUT2D eigenvalue weighted by molar-refractivity contribution is 0.340. The predicted molar refractivity (Wildman–Crippen MR) is 72.2 cm³/mol. The minimum Gasteiger partial charge on any atom is -0.494 e. The molecular formula is C12H15N5O2. The molecule has 0 unspecified atom stereocenters. The Morgan fingerprint density at radius 1 is 1.32 bits per heavy atom. The molecule has 0 aliphatic carbocycles. The minimum absolute atomic E-state index is 0.108. The van der Waals surface area contributed by atoms with E-state index in [1.54, 1.807) is 31.3 Å². The first-order valence-electron chi connectivity index (χ1n) is 5.81. The van der Waals surface area contributed by atoms with Gasteiger partial charge in [0.25, 0.3) is 5.56 Å².